The highest BCUT2D eigenvalue weighted by Crippen LogP contribution is 2.24. The number of hydrogen-bond acceptors (Lipinski definition) is 0. The summed E-state index contributed by atoms with van der Waals surface area (Å²) in [5.41, 5.74) is 2.69. The first-order valence-corrected chi connectivity index (χ1v) is 6.96. The molecule has 0 amide bonds. The van der Waals surface area contributed by atoms with Crippen molar-refractivity contribution in [2.24, 2.45) is 0 Å². The van der Waals surface area contributed by atoms with Crippen LogP contribution in [-0.4, -0.2) is 10.1 Å². The van der Waals surface area contributed by atoms with Gasteiger partial charge in [0.05, 0.1) is 0 Å². The smallest absolute Gasteiger partial charge is 0.0622 e. The van der Waals surface area contributed by atoms with E-state index >= 15 is 0 Å². The topological polar surface area (TPSA) is 0 Å². The van der Waals surface area contributed by atoms with E-state index in [1.165, 1.54) is 28.8 Å². The van der Waals surface area contributed by atoms with Crippen LogP contribution in [-0.2, 0) is 11.4 Å². The van der Waals surface area contributed by atoms with Crippen molar-refractivity contribution < 1.29 is 0 Å². The Labute approximate surface area is 106 Å². The molecular weight excluding hydrogens is 224 g/mol. The molecule has 1 aliphatic carbocycles. The first-order chi connectivity index (χ1) is 8.43. The summed E-state index contributed by atoms with van der Waals surface area (Å²) in [6, 6.07) is 21.4. The van der Waals surface area contributed by atoms with E-state index in [1.54, 1.807) is 0 Å². The molecule has 0 heterocycles. The van der Waals surface area contributed by atoms with Gasteiger partial charge >= 0.3 is 0 Å². The van der Waals surface area contributed by atoms with Gasteiger partial charge in [0.15, 0.2) is 16.6 Å². The van der Waals surface area contributed by atoms with Crippen LogP contribution in [0.5, 0.6) is 0 Å². The standard InChI is InChI=1S/C16H15S/c1-3-7-13(8-4-1)16(17-15-11-12-15)14-9-5-2-6-10-14/h1-10,15H,11-12H2/q+1. The van der Waals surface area contributed by atoms with Crippen molar-refractivity contribution in [3.63, 3.8) is 0 Å². The lowest BCUT2D eigenvalue weighted by Gasteiger charge is -1.98. The van der Waals surface area contributed by atoms with Crippen molar-refractivity contribution in [1.29, 1.82) is 0 Å². The second kappa shape index (κ2) is 4.80. The maximum atomic E-state index is 2.21. The molecule has 0 unspecified atom stereocenters. The summed E-state index contributed by atoms with van der Waals surface area (Å²) < 4.78 is 0. The predicted octanol–water partition coefficient (Wildman–Crippen LogP) is 3.50. The molecule has 0 atom stereocenters. The summed E-state index contributed by atoms with van der Waals surface area (Å²) in [5, 5.41) is 0.838. The molecule has 0 N–H and O–H groups in total. The van der Waals surface area contributed by atoms with Crippen molar-refractivity contribution in [2.45, 2.75) is 18.1 Å². The Balaban J connectivity index is 2.04. The summed E-state index contributed by atoms with van der Waals surface area (Å²) in [5.74, 6) is 0. The zero-order chi connectivity index (χ0) is 11.5. The molecule has 17 heavy (non-hydrogen) atoms. The molecule has 0 radical (unpaired) electrons. The van der Waals surface area contributed by atoms with Gasteiger partial charge < -0.3 is 0 Å². The minimum Gasteiger partial charge on any atom is -0.0622 e. The normalized spacial score (nSPS) is 14.4. The summed E-state index contributed by atoms with van der Waals surface area (Å²) in [6.45, 7) is 0. The fourth-order valence-corrected chi connectivity index (χ4v) is 3.08. The molecule has 2 aromatic carbocycles. The van der Waals surface area contributed by atoms with Gasteiger partial charge in [-0.25, -0.2) is 0 Å². The monoisotopic (exact) mass is 239 g/mol. The second-order valence-electron chi connectivity index (χ2n) is 4.38. The molecule has 0 spiro atoms. The van der Waals surface area contributed by atoms with Gasteiger partial charge in [-0.2, -0.15) is 0 Å². The summed E-state index contributed by atoms with van der Waals surface area (Å²) in [6.07, 6.45) is 2.74. The van der Waals surface area contributed by atoms with Gasteiger partial charge in [0.2, 0.25) is 4.86 Å². The van der Waals surface area contributed by atoms with E-state index in [0.29, 0.717) is 0 Å². The average molecular weight is 239 g/mol. The molecule has 84 valence electrons. The maximum absolute atomic E-state index is 2.21. The third-order valence-electron chi connectivity index (χ3n) is 2.88. The molecule has 0 nitrogen and oxygen atoms in total. The minimum absolute atomic E-state index is 0.838. The van der Waals surface area contributed by atoms with Crippen LogP contribution in [0.2, 0.25) is 0 Å². The van der Waals surface area contributed by atoms with Crippen LogP contribution in [0.15, 0.2) is 60.7 Å². The highest BCUT2D eigenvalue weighted by atomic mass is 32.1. The van der Waals surface area contributed by atoms with E-state index in [4.69, 9.17) is 0 Å². The summed E-state index contributed by atoms with van der Waals surface area (Å²) in [7, 11) is 0. The van der Waals surface area contributed by atoms with E-state index in [-0.39, 0.29) is 0 Å². The molecule has 1 aliphatic rings. The third-order valence-corrected chi connectivity index (χ3v) is 4.39. The fourth-order valence-electron chi connectivity index (χ4n) is 1.83. The molecule has 0 saturated heterocycles. The van der Waals surface area contributed by atoms with E-state index in [2.05, 4.69) is 60.7 Å². The van der Waals surface area contributed by atoms with Gasteiger partial charge in [0.1, 0.15) is 0 Å². The summed E-state index contributed by atoms with van der Waals surface area (Å²) >= 11 is 2.03. The van der Waals surface area contributed by atoms with Gasteiger partial charge in [0, 0.05) is 24.0 Å². The van der Waals surface area contributed by atoms with E-state index in [9.17, 15) is 0 Å². The lowest BCUT2D eigenvalue weighted by atomic mass is 10.1. The lowest BCUT2D eigenvalue weighted by Crippen LogP contribution is -2.06. The van der Waals surface area contributed by atoms with Crippen molar-refractivity contribution in [1.82, 2.24) is 0 Å². The van der Waals surface area contributed by atoms with Crippen molar-refractivity contribution in [3.8, 4) is 0 Å². The molecule has 0 aliphatic heterocycles. The van der Waals surface area contributed by atoms with Crippen LogP contribution in [0, 0.1) is 0 Å². The second-order valence-corrected chi connectivity index (χ2v) is 5.69. The zero-order valence-electron chi connectivity index (χ0n) is 9.67. The first kappa shape index (κ1) is 10.7. The minimum atomic E-state index is 0.838. The molecule has 3 rings (SSSR count). The van der Waals surface area contributed by atoms with E-state index in [1.807, 2.05) is 11.4 Å². The Morgan fingerprint density at radius 1 is 0.765 bits per heavy atom. The highest BCUT2D eigenvalue weighted by Gasteiger charge is 2.34. The summed E-state index contributed by atoms with van der Waals surface area (Å²) in [4.78, 5) is 1.42. The van der Waals surface area contributed by atoms with E-state index in [0.717, 1.165) is 5.25 Å². The van der Waals surface area contributed by atoms with Gasteiger partial charge in [-0.05, 0) is 24.3 Å². The lowest BCUT2D eigenvalue weighted by molar-refractivity contribution is 1.50. The van der Waals surface area contributed by atoms with Gasteiger partial charge in [0.25, 0.3) is 0 Å². The van der Waals surface area contributed by atoms with Crippen LogP contribution in [0.3, 0.4) is 0 Å². The molecule has 2 aromatic rings. The Morgan fingerprint density at radius 3 is 1.65 bits per heavy atom. The van der Waals surface area contributed by atoms with Crippen molar-refractivity contribution >= 4 is 16.2 Å². The SMILES string of the molecule is c1ccc(C(=[S+]C2CC2)c2ccccc2)cc1. The molecule has 1 fully saturated rings. The van der Waals surface area contributed by atoms with Gasteiger partial charge in [-0.1, -0.05) is 36.4 Å². The van der Waals surface area contributed by atoms with Crippen LogP contribution in [0.1, 0.15) is 24.0 Å². The largest absolute Gasteiger partial charge is 0.239 e. The highest BCUT2D eigenvalue weighted by molar-refractivity contribution is 7.80. The van der Waals surface area contributed by atoms with Gasteiger partial charge in [-0.15, -0.1) is 0 Å². The average Bonchev–Trinajstić information content (AvgIpc) is 3.22. The fraction of sp³-hybridized carbons (Fsp3) is 0.188. The van der Waals surface area contributed by atoms with Crippen molar-refractivity contribution in [3.05, 3.63) is 71.8 Å². The quantitative estimate of drug-likeness (QED) is 0.437. The third kappa shape index (κ3) is 2.62. The zero-order valence-corrected chi connectivity index (χ0v) is 10.5. The first-order valence-electron chi connectivity index (χ1n) is 6.08. The molecule has 0 bridgehead atoms. The van der Waals surface area contributed by atoms with Crippen LogP contribution < -0.4 is 0 Å². The molecule has 0 aromatic heterocycles. The van der Waals surface area contributed by atoms with Crippen LogP contribution in [0.4, 0.5) is 0 Å². The number of hydrogen-bond donors (Lipinski definition) is 0. The molecule has 1 saturated carbocycles. The number of benzene rings is 2. The van der Waals surface area contributed by atoms with E-state index < -0.39 is 0 Å². The van der Waals surface area contributed by atoms with Crippen LogP contribution in [0.25, 0.3) is 0 Å². The Hall–Kier alpha value is -1.47. The molecular formula is C16H15S+. The maximum Gasteiger partial charge on any atom is 0.239 e. The van der Waals surface area contributed by atoms with Gasteiger partial charge in [-0.3, -0.25) is 0 Å². The van der Waals surface area contributed by atoms with Crippen molar-refractivity contribution in [2.75, 3.05) is 0 Å². The Bertz CT molecular complexity index is 468. The molecule has 1 heteroatoms. The Kier molecular flexibility index (Phi) is 3.02. The Morgan fingerprint density at radius 2 is 1.24 bits per heavy atom. The number of rotatable bonds is 3. The predicted molar refractivity (Wildman–Crippen MR) is 76.5 cm³/mol. The van der Waals surface area contributed by atoms with Crippen LogP contribution >= 0.6 is 0 Å².